The van der Waals surface area contributed by atoms with Gasteiger partial charge in [-0.15, -0.1) is 0 Å². The average molecular weight is 213 g/mol. The zero-order valence-electron chi connectivity index (χ0n) is 9.38. The van der Waals surface area contributed by atoms with Crippen LogP contribution in [-0.4, -0.2) is 29.8 Å². The van der Waals surface area contributed by atoms with Crippen molar-refractivity contribution < 1.29 is 14.6 Å². The van der Waals surface area contributed by atoms with Gasteiger partial charge in [0.2, 0.25) is 0 Å². The summed E-state index contributed by atoms with van der Waals surface area (Å²) in [4.78, 5) is 11.8. The second kappa shape index (κ2) is 5.16. The first-order chi connectivity index (χ1) is 7.11. The summed E-state index contributed by atoms with van der Waals surface area (Å²) in [6.07, 6.45) is 3.84. The summed E-state index contributed by atoms with van der Waals surface area (Å²) >= 11 is 0. The van der Waals surface area contributed by atoms with E-state index in [1.54, 1.807) is 0 Å². The number of carbonyl (C=O) groups excluding carboxylic acids is 1. The van der Waals surface area contributed by atoms with Crippen LogP contribution >= 0.6 is 0 Å². The topological polar surface area (TPSA) is 58.6 Å². The van der Waals surface area contributed by atoms with Gasteiger partial charge in [0, 0.05) is 0 Å². The van der Waals surface area contributed by atoms with Gasteiger partial charge in [0.05, 0.1) is 30.6 Å². The molecule has 2 N–H and O–H groups in total. The second-order valence-corrected chi connectivity index (χ2v) is 4.14. The van der Waals surface area contributed by atoms with Crippen molar-refractivity contribution in [2.75, 3.05) is 13.2 Å². The number of ether oxygens (including phenoxy) is 1. The molecule has 1 aliphatic heterocycles. The summed E-state index contributed by atoms with van der Waals surface area (Å²) in [6, 6.07) is 0. The van der Waals surface area contributed by atoms with Crippen LogP contribution in [0, 0.1) is 0 Å². The number of hydrogen-bond donors (Lipinski definition) is 2. The molecule has 1 aliphatic rings. The highest BCUT2D eigenvalue weighted by Gasteiger charge is 2.25. The lowest BCUT2D eigenvalue weighted by molar-refractivity contribution is -0.120. The molecule has 1 amide bonds. The number of amides is 1. The molecule has 0 aromatic rings. The van der Waals surface area contributed by atoms with E-state index in [9.17, 15) is 4.79 Å². The summed E-state index contributed by atoms with van der Waals surface area (Å²) in [7, 11) is 0. The average Bonchev–Trinajstić information content (AvgIpc) is 2.30. The molecule has 0 aromatic heterocycles. The lowest BCUT2D eigenvalue weighted by atomic mass is 9.99. The number of rotatable bonds is 4. The quantitative estimate of drug-likeness (QED) is 0.731. The van der Waals surface area contributed by atoms with Gasteiger partial charge in [-0.05, 0) is 26.2 Å². The van der Waals surface area contributed by atoms with E-state index in [1.807, 2.05) is 13.8 Å². The van der Waals surface area contributed by atoms with Gasteiger partial charge in [-0.1, -0.05) is 6.92 Å². The van der Waals surface area contributed by atoms with E-state index in [1.165, 1.54) is 6.26 Å². The third-order valence-electron chi connectivity index (χ3n) is 2.77. The second-order valence-electron chi connectivity index (χ2n) is 4.14. The molecule has 1 rings (SSSR count). The molecule has 0 radical (unpaired) electrons. The molecule has 0 bridgehead atoms. The molecular weight excluding hydrogens is 194 g/mol. The minimum Gasteiger partial charge on any atom is -0.501 e. The maximum absolute atomic E-state index is 11.8. The Bertz CT molecular complexity index is 257. The molecule has 0 aromatic carbocycles. The minimum absolute atomic E-state index is 0.0522. The first-order valence-corrected chi connectivity index (χ1v) is 5.35. The molecule has 0 saturated carbocycles. The van der Waals surface area contributed by atoms with Crippen LogP contribution in [0.4, 0.5) is 0 Å². The largest absolute Gasteiger partial charge is 0.501 e. The Kier molecular flexibility index (Phi) is 4.15. The van der Waals surface area contributed by atoms with Gasteiger partial charge in [0.15, 0.2) is 0 Å². The van der Waals surface area contributed by atoms with Crippen molar-refractivity contribution in [3.63, 3.8) is 0 Å². The lowest BCUT2D eigenvalue weighted by Crippen LogP contribution is -2.49. The Morgan fingerprint density at radius 1 is 1.73 bits per heavy atom. The molecule has 1 heterocycles. The minimum atomic E-state index is -0.532. The van der Waals surface area contributed by atoms with Gasteiger partial charge >= 0.3 is 0 Å². The zero-order valence-corrected chi connectivity index (χ0v) is 9.38. The third kappa shape index (κ3) is 3.23. The van der Waals surface area contributed by atoms with Gasteiger partial charge in [0.25, 0.3) is 5.91 Å². The maximum atomic E-state index is 11.8. The summed E-state index contributed by atoms with van der Waals surface area (Å²) in [5.74, 6) is -0.131. The SMILES string of the molecule is CCC(C)(CO)NC(=O)C1=COCCC1. The van der Waals surface area contributed by atoms with E-state index in [4.69, 9.17) is 9.84 Å². The summed E-state index contributed by atoms with van der Waals surface area (Å²) < 4.78 is 5.10. The molecule has 15 heavy (non-hydrogen) atoms. The lowest BCUT2D eigenvalue weighted by Gasteiger charge is -2.28. The van der Waals surface area contributed by atoms with Crippen LogP contribution in [0.3, 0.4) is 0 Å². The van der Waals surface area contributed by atoms with Gasteiger partial charge in [-0.25, -0.2) is 0 Å². The molecule has 1 unspecified atom stereocenters. The Balaban J connectivity index is 2.57. The fourth-order valence-electron chi connectivity index (χ4n) is 1.33. The van der Waals surface area contributed by atoms with E-state index < -0.39 is 5.54 Å². The molecule has 0 aliphatic carbocycles. The fraction of sp³-hybridized carbons (Fsp3) is 0.727. The van der Waals surface area contributed by atoms with Gasteiger partial charge in [0.1, 0.15) is 0 Å². The third-order valence-corrected chi connectivity index (χ3v) is 2.77. The van der Waals surface area contributed by atoms with Crippen LogP contribution in [0.15, 0.2) is 11.8 Å². The number of hydrogen-bond acceptors (Lipinski definition) is 3. The van der Waals surface area contributed by atoms with Gasteiger partial charge in [-0.3, -0.25) is 4.79 Å². The van der Waals surface area contributed by atoms with Crippen LogP contribution < -0.4 is 5.32 Å². The molecule has 0 saturated heterocycles. The standard InChI is InChI=1S/C11H19NO3/c1-3-11(2,8-13)12-10(14)9-5-4-6-15-7-9/h7,13H,3-6,8H2,1-2H3,(H,12,14). The Labute approximate surface area is 90.3 Å². The number of aliphatic hydroxyl groups excluding tert-OH is 1. The van der Waals surface area contributed by atoms with Crippen LogP contribution in [0.25, 0.3) is 0 Å². The van der Waals surface area contributed by atoms with Gasteiger partial charge < -0.3 is 15.2 Å². The number of nitrogens with one attached hydrogen (secondary N) is 1. The van der Waals surface area contributed by atoms with Crippen LogP contribution in [0.5, 0.6) is 0 Å². The van der Waals surface area contributed by atoms with Crippen molar-refractivity contribution in [1.29, 1.82) is 0 Å². The molecule has 4 heteroatoms. The smallest absolute Gasteiger partial charge is 0.250 e. The number of aliphatic hydroxyl groups is 1. The molecule has 1 atom stereocenters. The first kappa shape index (κ1) is 12.0. The first-order valence-electron chi connectivity index (χ1n) is 5.35. The Hall–Kier alpha value is -1.03. The zero-order chi connectivity index (χ0) is 11.3. The van der Waals surface area contributed by atoms with Crippen LogP contribution in [0.1, 0.15) is 33.1 Å². The van der Waals surface area contributed by atoms with E-state index in [0.717, 1.165) is 12.8 Å². The predicted molar refractivity (Wildman–Crippen MR) is 57.2 cm³/mol. The van der Waals surface area contributed by atoms with Crippen molar-refractivity contribution in [3.05, 3.63) is 11.8 Å². The van der Waals surface area contributed by atoms with Crippen molar-refractivity contribution in [2.24, 2.45) is 0 Å². The van der Waals surface area contributed by atoms with Crippen LogP contribution in [-0.2, 0) is 9.53 Å². The fourth-order valence-corrected chi connectivity index (χ4v) is 1.33. The number of carbonyl (C=O) groups is 1. The predicted octanol–water partition coefficient (Wildman–Crippen LogP) is 0.958. The summed E-state index contributed by atoms with van der Waals surface area (Å²) in [5, 5.41) is 12.0. The highest BCUT2D eigenvalue weighted by atomic mass is 16.5. The molecule has 0 spiro atoms. The monoisotopic (exact) mass is 213 g/mol. The summed E-state index contributed by atoms with van der Waals surface area (Å²) in [5.41, 5.74) is 0.129. The van der Waals surface area contributed by atoms with Crippen molar-refractivity contribution in [1.82, 2.24) is 5.32 Å². The van der Waals surface area contributed by atoms with E-state index >= 15 is 0 Å². The molecule has 4 nitrogen and oxygen atoms in total. The Morgan fingerprint density at radius 2 is 2.47 bits per heavy atom. The van der Waals surface area contributed by atoms with Crippen molar-refractivity contribution in [3.8, 4) is 0 Å². The Morgan fingerprint density at radius 3 is 2.93 bits per heavy atom. The highest BCUT2D eigenvalue weighted by Crippen LogP contribution is 2.14. The highest BCUT2D eigenvalue weighted by molar-refractivity contribution is 5.93. The summed E-state index contributed by atoms with van der Waals surface area (Å²) in [6.45, 7) is 4.39. The van der Waals surface area contributed by atoms with Crippen molar-refractivity contribution >= 4 is 5.91 Å². The van der Waals surface area contributed by atoms with Gasteiger partial charge in [-0.2, -0.15) is 0 Å². The van der Waals surface area contributed by atoms with E-state index in [2.05, 4.69) is 5.32 Å². The maximum Gasteiger partial charge on any atom is 0.250 e. The normalized spacial score (nSPS) is 19.8. The molecule has 86 valence electrons. The van der Waals surface area contributed by atoms with E-state index in [0.29, 0.717) is 18.6 Å². The van der Waals surface area contributed by atoms with E-state index in [-0.39, 0.29) is 12.5 Å². The van der Waals surface area contributed by atoms with Crippen molar-refractivity contribution in [2.45, 2.75) is 38.6 Å². The molecular formula is C11H19NO3. The molecule has 0 fully saturated rings. The van der Waals surface area contributed by atoms with Crippen LogP contribution in [0.2, 0.25) is 0 Å².